The van der Waals surface area contributed by atoms with Crippen LogP contribution in [0, 0.1) is 9.49 Å². The van der Waals surface area contributed by atoms with Crippen LogP contribution in [0.15, 0.2) is 11.1 Å². The Balaban J connectivity index is 1.83. The molecule has 0 aromatic carbocycles. The smallest absolute Gasteiger partial charge is 0.266 e. The van der Waals surface area contributed by atoms with Crippen molar-refractivity contribution < 1.29 is 4.74 Å². The highest BCUT2D eigenvalue weighted by atomic mass is 127. The van der Waals surface area contributed by atoms with Gasteiger partial charge in [-0.1, -0.05) is 0 Å². The number of nitrogens with one attached hydrogen (secondary N) is 1. The Labute approximate surface area is 114 Å². The third-order valence-electron chi connectivity index (χ3n) is 2.76. The summed E-state index contributed by atoms with van der Waals surface area (Å²) in [6.07, 6.45) is 4.05. The number of hydrogen-bond donors (Lipinski definition) is 1. The summed E-state index contributed by atoms with van der Waals surface area (Å²) in [7, 11) is 1.92. The molecule has 1 heterocycles. The first-order valence-corrected chi connectivity index (χ1v) is 6.78. The molecule has 1 aliphatic carbocycles. The lowest BCUT2D eigenvalue weighted by Gasteiger charge is -2.18. The fourth-order valence-corrected chi connectivity index (χ4v) is 2.19. The Bertz CT molecular complexity index is 431. The van der Waals surface area contributed by atoms with Gasteiger partial charge in [-0.2, -0.15) is 0 Å². The first-order chi connectivity index (χ1) is 8.18. The van der Waals surface area contributed by atoms with Gasteiger partial charge in [-0.15, -0.1) is 0 Å². The number of rotatable bonds is 6. The van der Waals surface area contributed by atoms with E-state index in [1.807, 2.05) is 34.5 Å². The largest absolute Gasteiger partial charge is 0.379 e. The van der Waals surface area contributed by atoms with E-state index in [1.54, 1.807) is 0 Å². The molecule has 5 nitrogen and oxygen atoms in total. The number of hydrogen-bond acceptors (Lipinski definition) is 4. The number of aromatic nitrogens is 2. The normalized spacial score (nSPS) is 14.9. The highest BCUT2D eigenvalue weighted by molar-refractivity contribution is 14.1. The van der Waals surface area contributed by atoms with Crippen molar-refractivity contribution in [1.29, 1.82) is 0 Å². The molecule has 1 N–H and O–H groups in total. The monoisotopic (exact) mass is 349 g/mol. The van der Waals surface area contributed by atoms with E-state index in [0.29, 0.717) is 16.0 Å². The molecular weight excluding hydrogens is 333 g/mol. The molecule has 0 spiro atoms. The van der Waals surface area contributed by atoms with Crippen LogP contribution in [0.4, 0.5) is 5.82 Å². The molecule has 1 fully saturated rings. The summed E-state index contributed by atoms with van der Waals surface area (Å²) in [5.74, 6) is 1.50. The van der Waals surface area contributed by atoms with E-state index in [4.69, 9.17) is 4.74 Å². The molecular formula is C11H16IN3O2. The molecule has 0 unspecified atom stereocenters. The Morgan fingerprint density at radius 3 is 3.12 bits per heavy atom. The number of H-pyrrole nitrogens is 1. The number of ether oxygens (including phenoxy) is 1. The van der Waals surface area contributed by atoms with E-state index in [1.165, 1.54) is 19.2 Å². The molecule has 1 saturated carbocycles. The second-order valence-electron chi connectivity index (χ2n) is 4.31. The Hall–Kier alpha value is -0.630. The number of anilines is 1. The number of nitrogens with zero attached hydrogens (tertiary/aromatic N) is 2. The third-order valence-corrected chi connectivity index (χ3v) is 3.73. The molecule has 0 saturated heterocycles. The van der Waals surface area contributed by atoms with Gasteiger partial charge in [0.1, 0.15) is 9.39 Å². The van der Waals surface area contributed by atoms with Crippen LogP contribution in [-0.4, -0.2) is 36.8 Å². The van der Waals surface area contributed by atoms with Crippen LogP contribution in [0.2, 0.25) is 0 Å². The summed E-state index contributed by atoms with van der Waals surface area (Å²) < 4.78 is 6.18. The fraction of sp³-hybridized carbons (Fsp3) is 0.636. The predicted molar refractivity (Wildman–Crippen MR) is 74.4 cm³/mol. The number of halogens is 1. The van der Waals surface area contributed by atoms with Gasteiger partial charge in [-0.25, -0.2) is 4.98 Å². The molecule has 17 heavy (non-hydrogen) atoms. The molecule has 1 aromatic rings. The first-order valence-electron chi connectivity index (χ1n) is 5.70. The van der Waals surface area contributed by atoms with Crippen molar-refractivity contribution >= 4 is 28.4 Å². The SMILES string of the molecule is CN(CCOCC1CC1)c1nc[nH]c(=O)c1I. The Morgan fingerprint density at radius 1 is 1.65 bits per heavy atom. The van der Waals surface area contributed by atoms with E-state index in [9.17, 15) is 4.79 Å². The van der Waals surface area contributed by atoms with Crippen LogP contribution in [0.5, 0.6) is 0 Å². The van der Waals surface area contributed by atoms with E-state index in [0.717, 1.165) is 19.1 Å². The van der Waals surface area contributed by atoms with Crippen LogP contribution < -0.4 is 10.5 Å². The standard InChI is InChI=1S/C11H16IN3O2/c1-15(4-5-17-6-8-2-3-8)10-9(12)11(16)14-7-13-10/h7-8H,2-6H2,1H3,(H,13,14,16). The lowest BCUT2D eigenvalue weighted by molar-refractivity contribution is 0.130. The van der Waals surface area contributed by atoms with Crippen LogP contribution in [0.25, 0.3) is 0 Å². The molecule has 94 valence electrons. The lowest BCUT2D eigenvalue weighted by atomic mass is 10.4. The van der Waals surface area contributed by atoms with Gasteiger partial charge in [0, 0.05) is 20.2 Å². The van der Waals surface area contributed by atoms with Crippen molar-refractivity contribution in [2.45, 2.75) is 12.8 Å². The summed E-state index contributed by atoms with van der Waals surface area (Å²) in [6, 6.07) is 0. The first kappa shape index (κ1) is 12.8. The molecule has 6 heteroatoms. The topological polar surface area (TPSA) is 58.2 Å². The molecule has 1 aliphatic rings. The third kappa shape index (κ3) is 3.67. The maximum Gasteiger partial charge on any atom is 0.266 e. The summed E-state index contributed by atoms with van der Waals surface area (Å²) in [4.78, 5) is 20.1. The zero-order valence-electron chi connectivity index (χ0n) is 9.78. The maximum absolute atomic E-state index is 11.4. The molecule has 0 bridgehead atoms. The summed E-state index contributed by atoms with van der Waals surface area (Å²) >= 11 is 2.01. The van der Waals surface area contributed by atoms with Gasteiger partial charge in [-0.3, -0.25) is 4.79 Å². The van der Waals surface area contributed by atoms with E-state index >= 15 is 0 Å². The van der Waals surface area contributed by atoms with Crippen molar-refractivity contribution in [3.63, 3.8) is 0 Å². The van der Waals surface area contributed by atoms with Gasteiger partial charge in [0.05, 0.1) is 12.9 Å². The van der Waals surface area contributed by atoms with E-state index in [2.05, 4.69) is 9.97 Å². The Kier molecular flexibility index (Phi) is 4.38. The lowest BCUT2D eigenvalue weighted by Crippen LogP contribution is -2.27. The quantitative estimate of drug-likeness (QED) is 0.620. The zero-order chi connectivity index (χ0) is 12.3. The predicted octanol–water partition coefficient (Wildman–Crippen LogP) is 1.24. The maximum atomic E-state index is 11.4. The molecule has 1 aromatic heterocycles. The van der Waals surface area contributed by atoms with Crippen LogP contribution >= 0.6 is 22.6 Å². The van der Waals surface area contributed by atoms with Crippen LogP contribution in [0.3, 0.4) is 0 Å². The van der Waals surface area contributed by atoms with Gasteiger partial charge in [-0.05, 0) is 41.4 Å². The van der Waals surface area contributed by atoms with Gasteiger partial charge < -0.3 is 14.6 Å². The zero-order valence-corrected chi connectivity index (χ0v) is 11.9. The van der Waals surface area contributed by atoms with Crippen LogP contribution in [-0.2, 0) is 4.74 Å². The van der Waals surface area contributed by atoms with Gasteiger partial charge in [0.25, 0.3) is 5.56 Å². The molecule has 0 atom stereocenters. The molecule has 0 amide bonds. The fourth-order valence-electron chi connectivity index (χ4n) is 1.48. The molecule has 0 aliphatic heterocycles. The van der Waals surface area contributed by atoms with Crippen molar-refractivity contribution in [3.8, 4) is 0 Å². The highest BCUT2D eigenvalue weighted by Crippen LogP contribution is 2.28. The number of aromatic amines is 1. The number of likely N-dealkylation sites (N-methyl/N-ethyl adjacent to an activating group) is 1. The highest BCUT2D eigenvalue weighted by Gasteiger charge is 2.21. The second-order valence-corrected chi connectivity index (χ2v) is 5.39. The summed E-state index contributed by atoms with van der Waals surface area (Å²) in [5.41, 5.74) is -0.0960. The average Bonchev–Trinajstić information content (AvgIpc) is 3.12. The second kappa shape index (κ2) is 5.81. The average molecular weight is 349 g/mol. The van der Waals surface area contributed by atoms with E-state index < -0.39 is 0 Å². The van der Waals surface area contributed by atoms with Crippen molar-refractivity contribution in [1.82, 2.24) is 9.97 Å². The minimum absolute atomic E-state index is 0.0960. The Morgan fingerprint density at radius 2 is 2.41 bits per heavy atom. The van der Waals surface area contributed by atoms with Gasteiger partial charge in [0.2, 0.25) is 0 Å². The summed E-state index contributed by atoms with van der Waals surface area (Å²) in [6.45, 7) is 2.30. The summed E-state index contributed by atoms with van der Waals surface area (Å²) in [5, 5.41) is 0. The van der Waals surface area contributed by atoms with Gasteiger partial charge >= 0.3 is 0 Å². The molecule has 0 radical (unpaired) electrons. The van der Waals surface area contributed by atoms with Crippen molar-refractivity contribution in [3.05, 3.63) is 20.3 Å². The van der Waals surface area contributed by atoms with Crippen molar-refractivity contribution in [2.24, 2.45) is 5.92 Å². The van der Waals surface area contributed by atoms with Gasteiger partial charge in [0.15, 0.2) is 0 Å². The van der Waals surface area contributed by atoms with Crippen molar-refractivity contribution in [2.75, 3.05) is 31.7 Å². The minimum atomic E-state index is -0.0960. The van der Waals surface area contributed by atoms with E-state index in [-0.39, 0.29) is 5.56 Å². The minimum Gasteiger partial charge on any atom is -0.379 e. The van der Waals surface area contributed by atoms with Crippen LogP contribution in [0.1, 0.15) is 12.8 Å². The molecule has 2 rings (SSSR count).